The summed E-state index contributed by atoms with van der Waals surface area (Å²) in [6, 6.07) is 19.2. The summed E-state index contributed by atoms with van der Waals surface area (Å²) in [7, 11) is 0. The van der Waals surface area contributed by atoms with Crippen LogP contribution < -0.4 is 4.74 Å². The van der Waals surface area contributed by atoms with Gasteiger partial charge in [0.15, 0.2) is 0 Å². The largest absolute Gasteiger partial charge is 0.488 e. The van der Waals surface area contributed by atoms with Crippen LogP contribution in [-0.4, -0.2) is 11.1 Å². The highest BCUT2D eigenvalue weighted by Gasteiger charge is 2.31. The summed E-state index contributed by atoms with van der Waals surface area (Å²) in [6.07, 6.45) is -4.60. The molecule has 0 amide bonds. The van der Waals surface area contributed by atoms with Crippen LogP contribution in [0.5, 0.6) is 5.75 Å². The van der Waals surface area contributed by atoms with Crippen molar-refractivity contribution in [3.8, 4) is 16.9 Å². The second-order valence-electron chi connectivity index (χ2n) is 6.25. The number of rotatable bonds is 6. The zero-order valence-corrected chi connectivity index (χ0v) is 14.7. The first kappa shape index (κ1) is 19.5. The Morgan fingerprint density at radius 3 is 2.18 bits per heavy atom. The lowest BCUT2D eigenvalue weighted by Crippen LogP contribution is -2.06. The van der Waals surface area contributed by atoms with Gasteiger partial charge in [0.2, 0.25) is 0 Å². The third-order valence-corrected chi connectivity index (χ3v) is 4.17. The minimum absolute atomic E-state index is 0.115. The predicted molar refractivity (Wildman–Crippen MR) is 99.0 cm³/mol. The molecule has 3 rings (SSSR count). The second kappa shape index (κ2) is 8.17. The average molecular weight is 386 g/mol. The summed E-state index contributed by atoms with van der Waals surface area (Å²) >= 11 is 0. The number of aliphatic carboxylic acids is 1. The van der Waals surface area contributed by atoms with E-state index in [2.05, 4.69) is 0 Å². The Hall–Kier alpha value is -3.28. The van der Waals surface area contributed by atoms with Gasteiger partial charge in [-0.1, -0.05) is 60.7 Å². The summed E-state index contributed by atoms with van der Waals surface area (Å²) in [6.45, 7) is 0.131. The van der Waals surface area contributed by atoms with E-state index in [1.54, 1.807) is 24.3 Å². The molecular weight excluding hydrogens is 369 g/mol. The van der Waals surface area contributed by atoms with Crippen molar-refractivity contribution in [1.82, 2.24) is 0 Å². The summed E-state index contributed by atoms with van der Waals surface area (Å²) in [5.41, 5.74) is 1.80. The van der Waals surface area contributed by atoms with E-state index in [0.29, 0.717) is 16.7 Å². The number of hydrogen-bond acceptors (Lipinski definition) is 2. The zero-order chi connectivity index (χ0) is 20.1. The standard InChI is InChI=1S/C22H17F3O3/c23-22(24,25)18-10-11-19(17-8-6-15(7-9-17)12-21(26)27)20(13-18)28-14-16-4-2-1-3-5-16/h1-11,13H,12,14H2,(H,26,27). The fourth-order valence-corrected chi connectivity index (χ4v) is 2.77. The molecule has 0 spiro atoms. The number of hydrogen-bond donors (Lipinski definition) is 1. The number of ether oxygens (including phenoxy) is 1. The number of carboxylic acid groups (broad SMARTS) is 1. The number of halogens is 3. The quantitative estimate of drug-likeness (QED) is 0.602. The topological polar surface area (TPSA) is 46.5 Å². The molecule has 0 bridgehead atoms. The Bertz CT molecular complexity index is 949. The SMILES string of the molecule is O=C(O)Cc1ccc(-c2ccc(C(F)(F)F)cc2OCc2ccccc2)cc1. The highest BCUT2D eigenvalue weighted by atomic mass is 19.4. The molecule has 3 nitrogen and oxygen atoms in total. The van der Waals surface area contributed by atoms with Crippen molar-refractivity contribution >= 4 is 5.97 Å². The molecule has 0 atom stereocenters. The lowest BCUT2D eigenvalue weighted by Gasteiger charge is -2.15. The molecule has 0 saturated carbocycles. The van der Waals surface area contributed by atoms with E-state index < -0.39 is 17.7 Å². The van der Waals surface area contributed by atoms with Crippen LogP contribution in [0.2, 0.25) is 0 Å². The molecule has 0 aliphatic carbocycles. The maximum absolute atomic E-state index is 13.1. The van der Waals surface area contributed by atoms with Crippen LogP contribution in [0.15, 0.2) is 72.8 Å². The molecule has 0 saturated heterocycles. The molecule has 3 aromatic rings. The molecule has 0 aliphatic rings. The van der Waals surface area contributed by atoms with Crippen LogP contribution in [-0.2, 0) is 24.0 Å². The van der Waals surface area contributed by atoms with Gasteiger partial charge in [0.05, 0.1) is 12.0 Å². The van der Waals surface area contributed by atoms with Crippen molar-refractivity contribution in [2.45, 2.75) is 19.2 Å². The van der Waals surface area contributed by atoms with Crippen LogP contribution in [0.25, 0.3) is 11.1 Å². The van der Waals surface area contributed by atoms with E-state index in [4.69, 9.17) is 9.84 Å². The third-order valence-electron chi connectivity index (χ3n) is 4.17. The number of carboxylic acids is 1. The zero-order valence-electron chi connectivity index (χ0n) is 14.7. The van der Waals surface area contributed by atoms with Gasteiger partial charge < -0.3 is 9.84 Å². The first-order valence-electron chi connectivity index (χ1n) is 8.52. The summed E-state index contributed by atoms with van der Waals surface area (Å²) in [4.78, 5) is 10.8. The van der Waals surface area contributed by atoms with Gasteiger partial charge in [0, 0.05) is 5.56 Å². The first-order valence-corrected chi connectivity index (χ1v) is 8.52. The lowest BCUT2D eigenvalue weighted by molar-refractivity contribution is -0.138. The fraction of sp³-hybridized carbons (Fsp3) is 0.136. The Labute approximate surface area is 160 Å². The Morgan fingerprint density at radius 1 is 0.893 bits per heavy atom. The van der Waals surface area contributed by atoms with Crippen molar-refractivity contribution in [3.63, 3.8) is 0 Å². The minimum Gasteiger partial charge on any atom is -0.488 e. The van der Waals surface area contributed by atoms with E-state index in [1.165, 1.54) is 6.07 Å². The molecular formula is C22H17F3O3. The smallest absolute Gasteiger partial charge is 0.416 e. The van der Waals surface area contributed by atoms with Gasteiger partial charge in [-0.05, 0) is 28.8 Å². The Balaban J connectivity index is 1.93. The van der Waals surface area contributed by atoms with E-state index in [9.17, 15) is 18.0 Å². The minimum atomic E-state index is -4.48. The third kappa shape index (κ3) is 4.91. The molecule has 0 radical (unpaired) electrons. The van der Waals surface area contributed by atoms with Crippen molar-refractivity contribution in [2.75, 3.05) is 0 Å². The maximum atomic E-state index is 13.1. The molecule has 28 heavy (non-hydrogen) atoms. The molecule has 0 heterocycles. The van der Waals surface area contributed by atoms with E-state index in [-0.39, 0.29) is 18.8 Å². The van der Waals surface area contributed by atoms with Gasteiger partial charge in [-0.2, -0.15) is 13.2 Å². The van der Waals surface area contributed by atoms with Crippen molar-refractivity contribution < 1.29 is 27.8 Å². The monoisotopic (exact) mass is 386 g/mol. The molecule has 3 aromatic carbocycles. The lowest BCUT2D eigenvalue weighted by atomic mass is 10.00. The predicted octanol–water partition coefficient (Wildman–Crippen LogP) is 5.58. The van der Waals surface area contributed by atoms with Gasteiger partial charge in [0.1, 0.15) is 12.4 Å². The fourth-order valence-electron chi connectivity index (χ4n) is 2.77. The summed E-state index contributed by atoms with van der Waals surface area (Å²) in [5.74, 6) is -0.834. The van der Waals surface area contributed by atoms with Crippen LogP contribution in [0.4, 0.5) is 13.2 Å². The van der Waals surface area contributed by atoms with Gasteiger partial charge >= 0.3 is 12.1 Å². The summed E-state index contributed by atoms with van der Waals surface area (Å²) < 4.78 is 45.1. The van der Waals surface area contributed by atoms with E-state index in [0.717, 1.165) is 17.7 Å². The highest BCUT2D eigenvalue weighted by Crippen LogP contribution is 2.37. The Morgan fingerprint density at radius 2 is 1.57 bits per heavy atom. The first-order chi connectivity index (χ1) is 13.3. The summed E-state index contributed by atoms with van der Waals surface area (Å²) in [5, 5.41) is 8.86. The van der Waals surface area contributed by atoms with Crippen LogP contribution >= 0.6 is 0 Å². The average Bonchev–Trinajstić information content (AvgIpc) is 2.66. The molecule has 144 valence electrons. The van der Waals surface area contributed by atoms with E-state index >= 15 is 0 Å². The normalized spacial score (nSPS) is 11.2. The van der Waals surface area contributed by atoms with E-state index in [1.807, 2.05) is 30.3 Å². The molecule has 0 aromatic heterocycles. The van der Waals surface area contributed by atoms with Gasteiger partial charge in [-0.3, -0.25) is 4.79 Å². The Kier molecular flexibility index (Phi) is 5.68. The number of alkyl halides is 3. The molecule has 6 heteroatoms. The molecule has 0 unspecified atom stereocenters. The van der Waals surface area contributed by atoms with Gasteiger partial charge in [-0.15, -0.1) is 0 Å². The molecule has 0 aliphatic heterocycles. The van der Waals surface area contributed by atoms with Crippen LogP contribution in [0.1, 0.15) is 16.7 Å². The number of benzene rings is 3. The van der Waals surface area contributed by atoms with Crippen molar-refractivity contribution in [3.05, 3.63) is 89.5 Å². The van der Waals surface area contributed by atoms with Crippen molar-refractivity contribution in [2.24, 2.45) is 0 Å². The van der Waals surface area contributed by atoms with Crippen LogP contribution in [0.3, 0.4) is 0 Å². The van der Waals surface area contributed by atoms with Gasteiger partial charge in [-0.25, -0.2) is 0 Å². The van der Waals surface area contributed by atoms with Crippen molar-refractivity contribution in [1.29, 1.82) is 0 Å². The number of carbonyl (C=O) groups is 1. The van der Waals surface area contributed by atoms with Gasteiger partial charge in [0.25, 0.3) is 0 Å². The maximum Gasteiger partial charge on any atom is 0.416 e. The van der Waals surface area contributed by atoms with Crippen LogP contribution in [0, 0.1) is 0 Å². The second-order valence-corrected chi connectivity index (χ2v) is 6.25. The highest BCUT2D eigenvalue weighted by molar-refractivity contribution is 5.73. The molecule has 0 fully saturated rings. The molecule has 1 N–H and O–H groups in total.